The Morgan fingerprint density at radius 1 is 0.296 bits per heavy atom. The van der Waals surface area contributed by atoms with Gasteiger partial charge < -0.3 is 9.47 Å². The summed E-state index contributed by atoms with van der Waals surface area (Å²) in [5, 5.41) is 5.02. The second kappa shape index (κ2) is 13.4. The molecule has 10 rings (SSSR count). The van der Waals surface area contributed by atoms with Crippen LogP contribution in [0.2, 0.25) is 0 Å². The van der Waals surface area contributed by atoms with Crippen molar-refractivity contribution >= 4 is 49.6 Å². The second-order valence-corrected chi connectivity index (χ2v) is 13.8. The zero-order valence-corrected chi connectivity index (χ0v) is 29.7. The molecule has 1 heterocycles. The van der Waals surface area contributed by atoms with Crippen molar-refractivity contribution in [3.8, 4) is 39.1 Å². The Morgan fingerprint density at radius 2 is 0.796 bits per heavy atom. The van der Waals surface area contributed by atoms with Gasteiger partial charge in [-0.25, -0.2) is 0 Å². The average molecular weight is 689 g/mol. The van der Waals surface area contributed by atoms with Crippen LogP contribution < -0.4 is 4.90 Å². The fourth-order valence-corrected chi connectivity index (χ4v) is 8.06. The van der Waals surface area contributed by atoms with E-state index in [0.29, 0.717) is 0 Å². The minimum atomic E-state index is 1.09. The normalized spacial score (nSPS) is 11.3. The number of fused-ring (bicyclic) bond motifs is 4. The van der Waals surface area contributed by atoms with E-state index in [2.05, 4.69) is 228 Å². The van der Waals surface area contributed by atoms with Gasteiger partial charge in [-0.1, -0.05) is 164 Å². The molecule has 0 fully saturated rings. The summed E-state index contributed by atoms with van der Waals surface area (Å²) in [5.74, 6) is 0. The molecule has 0 radical (unpaired) electrons. The molecular formula is C52H36N2. The summed E-state index contributed by atoms with van der Waals surface area (Å²) < 4.78 is 2.41. The van der Waals surface area contributed by atoms with E-state index < -0.39 is 0 Å². The van der Waals surface area contributed by atoms with Gasteiger partial charge in [0.2, 0.25) is 0 Å². The minimum absolute atomic E-state index is 1.09. The lowest BCUT2D eigenvalue weighted by atomic mass is 9.97. The van der Waals surface area contributed by atoms with E-state index in [1.165, 1.54) is 71.6 Å². The van der Waals surface area contributed by atoms with Crippen molar-refractivity contribution in [2.24, 2.45) is 0 Å². The molecule has 0 unspecified atom stereocenters. The van der Waals surface area contributed by atoms with Crippen LogP contribution in [-0.2, 0) is 0 Å². The molecule has 2 heteroatoms. The molecule has 0 saturated heterocycles. The van der Waals surface area contributed by atoms with Crippen molar-refractivity contribution in [3.63, 3.8) is 0 Å². The van der Waals surface area contributed by atoms with Gasteiger partial charge in [0.15, 0.2) is 0 Å². The molecule has 54 heavy (non-hydrogen) atoms. The highest BCUT2D eigenvalue weighted by molar-refractivity contribution is 6.09. The number of benzene rings is 9. The summed E-state index contributed by atoms with van der Waals surface area (Å²) >= 11 is 0. The van der Waals surface area contributed by atoms with Crippen molar-refractivity contribution in [3.05, 3.63) is 218 Å². The highest BCUT2D eigenvalue weighted by atomic mass is 15.1. The Bertz CT molecular complexity index is 2860. The van der Waals surface area contributed by atoms with Gasteiger partial charge in [0.25, 0.3) is 0 Å². The van der Waals surface area contributed by atoms with Crippen molar-refractivity contribution in [1.29, 1.82) is 0 Å². The minimum Gasteiger partial charge on any atom is -0.310 e. The van der Waals surface area contributed by atoms with E-state index >= 15 is 0 Å². The highest BCUT2D eigenvalue weighted by Gasteiger charge is 2.18. The first-order chi connectivity index (χ1) is 26.8. The largest absolute Gasteiger partial charge is 0.310 e. The van der Waals surface area contributed by atoms with Gasteiger partial charge in [-0.05, 0) is 93.2 Å². The zero-order valence-electron chi connectivity index (χ0n) is 29.7. The fourth-order valence-electron chi connectivity index (χ4n) is 8.06. The summed E-state index contributed by atoms with van der Waals surface area (Å²) in [5.41, 5.74) is 14.0. The topological polar surface area (TPSA) is 8.17 Å². The van der Waals surface area contributed by atoms with Crippen LogP contribution in [0.3, 0.4) is 0 Å². The van der Waals surface area contributed by atoms with Crippen molar-refractivity contribution < 1.29 is 0 Å². The Labute approximate surface area is 315 Å². The highest BCUT2D eigenvalue weighted by Crippen LogP contribution is 2.41. The van der Waals surface area contributed by atoms with Crippen LogP contribution in [0.25, 0.3) is 71.6 Å². The third-order valence-electron chi connectivity index (χ3n) is 10.6. The Morgan fingerprint density at radius 3 is 1.52 bits per heavy atom. The van der Waals surface area contributed by atoms with Gasteiger partial charge >= 0.3 is 0 Å². The molecule has 0 aliphatic carbocycles. The molecule has 0 bridgehead atoms. The third-order valence-corrected chi connectivity index (χ3v) is 10.6. The molecule has 0 aliphatic rings. The SMILES string of the molecule is c1ccc(-c2ccc(N(c3ccc(-c4ccccc4-n4c5ccccc5c5ccccc54)cc3)c3cccc(-c4cccc5ccccc45)c3)cc2)cc1. The molecule has 0 spiro atoms. The zero-order chi connectivity index (χ0) is 35.8. The van der Waals surface area contributed by atoms with Crippen molar-refractivity contribution in [2.75, 3.05) is 4.90 Å². The summed E-state index contributed by atoms with van der Waals surface area (Å²) in [7, 11) is 0. The van der Waals surface area contributed by atoms with Crippen LogP contribution >= 0.6 is 0 Å². The molecule has 1 aromatic heterocycles. The number of aromatic nitrogens is 1. The van der Waals surface area contributed by atoms with Gasteiger partial charge in [0.05, 0.1) is 16.7 Å². The summed E-state index contributed by atoms with van der Waals surface area (Å²) in [4.78, 5) is 2.37. The molecule has 0 saturated carbocycles. The summed E-state index contributed by atoms with van der Waals surface area (Å²) in [6.45, 7) is 0. The van der Waals surface area contributed by atoms with Crippen LogP contribution in [0.5, 0.6) is 0 Å². The summed E-state index contributed by atoms with van der Waals surface area (Å²) in [6, 6.07) is 78.8. The van der Waals surface area contributed by atoms with Gasteiger partial charge in [-0.3, -0.25) is 0 Å². The average Bonchev–Trinajstić information content (AvgIpc) is 3.59. The molecular weight excluding hydrogens is 653 g/mol. The Balaban J connectivity index is 1.09. The number of hydrogen-bond donors (Lipinski definition) is 0. The van der Waals surface area contributed by atoms with Crippen LogP contribution in [0.15, 0.2) is 218 Å². The molecule has 0 aliphatic heterocycles. The quantitative estimate of drug-likeness (QED) is 0.162. The van der Waals surface area contributed by atoms with Crippen molar-refractivity contribution in [2.45, 2.75) is 0 Å². The molecule has 2 nitrogen and oxygen atoms in total. The Kier molecular flexibility index (Phi) is 7.85. The van der Waals surface area contributed by atoms with E-state index in [1.807, 2.05) is 0 Å². The maximum absolute atomic E-state index is 2.41. The molecule has 0 N–H and O–H groups in total. The maximum atomic E-state index is 2.41. The number of rotatable bonds is 7. The van der Waals surface area contributed by atoms with Crippen LogP contribution in [-0.4, -0.2) is 4.57 Å². The predicted octanol–water partition coefficient (Wildman–Crippen LogP) is 14.4. The van der Waals surface area contributed by atoms with E-state index in [-0.39, 0.29) is 0 Å². The molecule has 254 valence electrons. The van der Waals surface area contributed by atoms with Crippen molar-refractivity contribution in [1.82, 2.24) is 4.57 Å². The van der Waals surface area contributed by atoms with Crippen LogP contribution in [0.4, 0.5) is 17.1 Å². The number of para-hydroxylation sites is 3. The monoisotopic (exact) mass is 688 g/mol. The third kappa shape index (κ3) is 5.53. The Hall–Kier alpha value is -7.16. The molecule has 0 amide bonds. The smallest absolute Gasteiger partial charge is 0.0541 e. The standard InChI is InChI=1S/C52H36N2/c1-2-14-37(15-3-1)38-28-32-42(33-29-38)53(44-19-12-18-41(36-44)46-24-13-17-39-16-4-5-20-45(39)46)43-34-30-40(31-35-43)47-21-6-9-25-50(47)54-51-26-10-7-22-48(51)49-23-8-11-27-52(49)54/h1-36H. The molecule has 10 aromatic rings. The predicted molar refractivity (Wildman–Crippen MR) is 229 cm³/mol. The second-order valence-electron chi connectivity index (χ2n) is 13.8. The first-order valence-electron chi connectivity index (χ1n) is 18.5. The number of anilines is 3. The van der Waals surface area contributed by atoms with Gasteiger partial charge in [0, 0.05) is 33.4 Å². The lowest BCUT2D eigenvalue weighted by Gasteiger charge is -2.27. The van der Waals surface area contributed by atoms with E-state index in [1.54, 1.807) is 0 Å². The first-order valence-corrected chi connectivity index (χ1v) is 18.5. The van der Waals surface area contributed by atoms with E-state index in [4.69, 9.17) is 0 Å². The molecule has 9 aromatic carbocycles. The van der Waals surface area contributed by atoms with E-state index in [9.17, 15) is 0 Å². The first kappa shape index (κ1) is 31.6. The fraction of sp³-hybridized carbons (Fsp3) is 0. The lowest BCUT2D eigenvalue weighted by Crippen LogP contribution is -2.10. The lowest BCUT2D eigenvalue weighted by molar-refractivity contribution is 1.18. The van der Waals surface area contributed by atoms with Gasteiger partial charge in [-0.2, -0.15) is 0 Å². The van der Waals surface area contributed by atoms with Gasteiger partial charge in [0.1, 0.15) is 0 Å². The van der Waals surface area contributed by atoms with Crippen LogP contribution in [0, 0.1) is 0 Å². The van der Waals surface area contributed by atoms with Gasteiger partial charge in [-0.15, -0.1) is 0 Å². The van der Waals surface area contributed by atoms with E-state index in [0.717, 1.165) is 17.1 Å². The number of nitrogens with zero attached hydrogens (tertiary/aromatic N) is 2. The number of hydrogen-bond acceptors (Lipinski definition) is 1. The summed E-state index contributed by atoms with van der Waals surface area (Å²) in [6.07, 6.45) is 0. The molecule has 0 atom stereocenters. The van der Waals surface area contributed by atoms with Crippen LogP contribution in [0.1, 0.15) is 0 Å². The maximum Gasteiger partial charge on any atom is 0.0541 e.